The highest BCUT2D eigenvalue weighted by molar-refractivity contribution is 7.89. The van der Waals surface area contributed by atoms with Crippen LogP contribution in [0.15, 0.2) is 53.4 Å². The van der Waals surface area contributed by atoms with Gasteiger partial charge in [0.1, 0.15) is 0 Å². The summed E-state index contributed by atoms with van der Waals surface area (Å²) in [5.41, 5.74) is 3.03. The van der Waals surface area contributed by atoms with E-state index in [-0.39, 0.29) is 6.04 Å². The normalized spacial score (nSPS) is 12.6. The summed E-state index contributed by atoms with van der Waals surface area (Å²) in [5, 5.41) is 6.95. The minimum Gasteiger partial charge on any atom is -0.356 e. The van der Waals surface area contributed by atoms with Crippen LogP contribution >= 0.6 is 12.2 Å². The molecule has 0 radical (unpaired) electrons. The van der Waals surface area contributed by atoms with Crippen molar-refractivity contribution in [2.45, 2.75) is 38.6 Å². The first-order valence-electron chi connectivity index (χ1n) is 9.02. The number of para-hydroxylation sites is 1. The van der Waals surface area contributed by atoms with Gasteiger partial charge in [-0.25, -0.2) is 8.42 Å². The van der Waals surface area contributed by atoms with Gasteiger partial charge >= 0.3 is 0 Å². The second-order valence-corrected chi connectivity index (χ2v) is 8.64. The van der Waals surface area contributed by atoms with Crippen LogP contribution in [0.1, 0.15) is 37.9 Å². The fourth-order valence-corrected chi connectivity index (χ4v) is 4.54. The van der Waals surface area contributed by atoms with E-state index in [1.807, 2.05) is 64.1 Å². The molecule has 2 rings (SSSR count). The predicted octanol–water partition coefficient (Wildman–Crippen LogP) is 4.07. The number of nitrogens with one attached hydrogen (secondary N) is 2. The number of nitrogens with zero attached hydrogens (tertiary/aromatic N) is 1. The molecule has 0 saturated heterocycles. The van der Waals surface area contributed by atoms with Crippen LogP contribution in [0.2, 0.25) is 0 Å². The van der Waals surface area contributed by atoms with Crippen molar-refractivity contribution >= 4 is 33.0 Å². The molecule has 5 nitrogen and oxygen atoms in total. The highest BCUT2D eigenvalue weighted by Gasteiger charge is 2.21. The van der Waals surface area contributed by atoms with Gasteiger partial charge in [0.25, 0.3) is 0 Å². The van der Waals surface area contributed by atoms with E-state index in [9.17, 15) is 8.42 Å². The summed E-state index contributed by atoms with van der Waals surface area (Å²) in [6.45, 7) is 8.59. The third kappa shape index (κ3) is 5.28. The van der Waals surface area contributed by atoms with Gasteiger partial charge in [-0.2, -0.15) is 4.31 Å². The fraction of sp³-hybridized carbons (Fsp3) is 0.350. The van der Waals surface area contributed by atoms with E-state index in [4.69, 9.17) is 12.2 Å². The summed E-state index contributed by atoms with van der Waals surface area (Å²) in [5.74, 6) is 0. The lowest BCUT2D eigenvalue weighted by Gasteiger charge is -2.20. The summed E-state index contributed by atoms with van der Waals surface area (Å²) in [7, 11) is -3.44. The summed E-state index contributed by atoms with van der Waals surface area (Å²) >= 11 is 5.40. The van der Waals surface area contributed by atoms with Crippen molar-refractivity contribution in [3.8, 4) is 0 Å². The molecule has 7 heteroatoms. The van der Waals surface area contributed by atoms with Gasteiger partial charge in [0, 0.05) is 18.8 Å². The SMILES string of the molecule is CCN(CC)S(=O)(=O)c1ccc([C@H](C)NC(=S)Nc2ccccc2C)cc1. The Morgan fingerprint density at radius 2 is 1.67 bits per heavy atom. The number of hydrogen-bond acceptors (Lipinski definition) is 3. The maximum absolute atomic E-state index is 12.6. The molecule has 0 aliphatic carbocycles. The third-order valence-corrected chi connectivity index (χ3v) is 6.75. The molecule has 0 aliphatic heterocycles. The zero-order chi connectivity index (χ0) is 20.0. The minimum atomic E-state index is -3.44. The number of sulfonamides is 1. The van der Waals surface area contributed by atoms with Crippen LogP contribution < -0.4 is 10.6 Å². The molecule has 0 heterocycles. The Morgan fingerprint density at radius 3 is 2.22 bits per heavy atom. The summed E-state index contributed by atoms with van der Waals surface area (Å²) < 4.78 is 26.6. The molecule has 0 saturated carbocycles. The van der Waals surface area contributed by atoms with Gasteiger partial charge in [-0.3, -0.25) is 0 Å². The first kappa shape index (κ1) is 21.3. The van der Waals surface area contributed by atoms with Crippen LogP contribution in [0.5, 0.6) is 0 Å². The van der Waals surface area contributed by atoms with Gasteiger partial charge in [0.2, 0.25) is 10.0 Å². The Balaban J connectivity index is 2.06. The molecule has 2 aromatic carbocycles. The molecule has 2 N–H and O–H groups in total. The molecule has 0 bridgehead atoms. The van der Waals surface area contributed by atoms with Crippen LogP contribution in [-0.2, 0) is 10.0 Å². The first-order valence-corrected chi connectivity index (χ1v) is 10.9. The lowest BCUT2D eigenvalue weighted by atomic mass is 10.1. The van der Waals surface area contributed by atoms with Gasteiger partial charge < -0.3 is 10.6 Å². The highest BCUT2D eigenvalue weighted by Crippen LogP contribution is 2.20. The first-order chi connectivity index (χ1) is 12.8. The smallest absolute Gasteiger partial charge is 0.243 e. The van der Waals surface area contributed by atoms with Crippen molar-refractivity contribution < 1.29 is 8.42 Å². The van der Waals surface area contributed by atoms with Crippen LogP contribution in [0.4, 0.5) is 5.69 Å². The number of anilines is 1. The van der Waals surface area contributed by atoms with Gasteiger partial charge in [0.05, 0.1) is 10.9 Å². The molecular weight excluding hydrogens is 378 g/mol. The maximum Gasteiger partial charge on any atom is 0.243 e. The van der Waals surface area contributed by atoms with Gasteiger partial charge in [0.15, 0.2) is 5.11 Å². The van der Waals surface area contributed by atoms with Gasteiger partial charge in [-0.05, 0) is 55.4 Å². The van der Waals surface area contributed by atoms with Gasteiger partial charge in [-0.15, -0.1) is 0 Å². The molecule has 0 spiro atoms. The molecule has 0 amide bonds. The van der Waals surface area contributed by atoms with Crippen LogP contribution in [0.25, 0.3) is 0 Å². The Hall–Kier alpha value is -1.96. The molecule has 1 atom stereocenters. The van der Waals surface area contributed by atoms with Crippen LogP contribution in [0, 0.1) is 6.92 Å². The van der Waals surface area contributed by atoms with Crippen molar-refractivity contribution in [3.05, 3.63) is 59.7 Å². The maximum atomic E-state index is 12.6. The predicted molar refractivity (Wildman–Crippen MR) is 115 cm³/mol. The van der Waals surface area contributed by atoms with E-state index < -0.39 is 10.0 Å². The van der Waals surface area contributed by atoms with Crippen molar-refractivity contribution in [1.29, 1.82) is 0 Å². The lowest BCUT2D eigenvalue weighted by molar-refractivity contribution is 0.445. The second-order valence-electron chi connectivity index (χ2n) is 6.29. The minimum absolute atomic E-state index is 0.0563. The van der Waals surface area contributed by atoms with Crippen LogP contribution in [-0.4, -0.2) is 30.9 Å². The average molecular weight is 406 g/mol. The number of hydrogen-bond donors (Lipinski definition) is 2. The number of aryl methyl sites for hydroxylation is 1. The topological polar surface area (TPSA) is 61.4 Å². The van der Waals surface area contributed by atoms with E-state index in [0.717, 1.165) is 16.8 Å². The largest absolute Gasteiger partial charge is 0.356 e. The molecule has 0 aliphatic rings. The molecule has 0 aromatic heterocycles. The lowest BCUT2D eigenvalue weighted by Crippen LogP contribution is -2.31. The molecule has 146 valence electrons. The summed E-state index contributed by atoms with van der Waals surface area (Å²) in [4.78, 5) is 0.308. The van der Waals surface area contributed by atoms with Crippen molar-refractivity contribution in [1.82, 2.24) is 9.62 Å². The second kappa shape index (κ2) is 9.30. The third-order valence-electron chi connectivity index (χ3n) is 4.46. The Labute approximate surface area is 167 Å². The summed E-state index contributed by atoms with van der Waals surface area (Å²) in [6.07, 6.45) is 0. The van der Waals surface area contributed by atoms with Crippen molar-refractivity contribution in [2.75, 3.05) is 18.4 Å². The zero-order valence-corrected chi connectivity index (χ0v) is 17.8. The Kier molecular flexibility index (Phi) is 7.35. The standard InChI is InChI=1S/C20H27N3O2S2/c1-5-23(6-2)27(24,25)18-13-11-17(12-14-18)16(4)21-20(26)22-19-10-8-7-9-15(19)3/h7-14,16H,5-6H2,1-4H3,(H2,21,22,26)/t16-/m0/s1. The fourth-order valence-electron chi connectivity index (χ4n) is 2.79. The Bertz CT molecular complexity index is 876. The number of rotatable bonds is 7. The van der Waals surface area contributed by atoms with Crippen molar-refractivity contribution in [3.63, 3.8) is 0 Å². The number of benzene rings is 2. The quantitative estimate of drug-likeness (QED) is 0.680. The van der Waals surface area contributed by atoms with E-state index in [0.29, 0.717) is 23.1 Å². The van der Waals surface area contributed by atoms with Crippen molar-refractivity contribution in [2.24, 2.45) is 0 Å². The molecule has 27 heavy (non-hydrogen) atoms. The molecule has 0 fully saturated rings. The molecule has 0 unspecified atom stereocenters. The molecular formula is C20H27N3O2S2. The Morgan fingerprint density at radius 1 is 1.07 bits per heavy atom. The van der Waals surface area contributed by atoms with Crippen LogP contribution in [0.3, 0.4) is 0 Å². The molecule has 2 aromatic rings. The summed E-state index contributed by atoms with van der Waals surface area (Å²) in [6, 6.07) is 14.8. The zero-order valence-electron chi connectivity index (χ0n) is 16.2. The van der Waals surface area contributed by atoms with E-state index >= 15 is 0 Å². The average Bonchev–Trinajstić information content (AvgIpc) is 2.64. The van der Waals surface area contributed by atoms with Gasteiger partial charge in [-0.1, -0.05) is 44.2 Å². The number of thiocarbonyl (C=S) groups is 1. The van der Waals surface area contributed by atoms with E-state index in [1.165, 1.54) is 4.31 Å². The van der Waals surface area contributed by atoms with E-state index in [2.05, 4.69) is 10.6 Å². The monoisotopic (exact) mass is 405 g/mol. The van der Waals surface area contributed by atoms with E-state index in [1.54, 1.807) is 12.1 Å². The highest BCUT2D eigenvalue weighted by atomic mass is 32.2.